The first-order chi connectivity index (χ1) is 10.2. The maximum atomic E-state index is 12.3. The summed E-state index contributed by atoms with van der Waals surface area (Å²) in [6.07, 6.45) is 1.93. The molecule has 2 N–H and O–H groups in total. The van der Waals surface area contributed by atoms with E-state index in [0.717, 1.165) is 30.6 Å². The molecular formula is C16H24N2O3. The Morgan fingerprint density at radius 2 is 2.29 bits per heavy atom. The number of amides is 2. The lowest BCUT2D eigenvalue weighted by molar-refractivity contribution is 0.133. The van der Waals surface area contributed by atoms with Gasteiger partial charge in [0.05, 0.1) is 6.61 Å². The molecule has 1 unspecified atom stereocenters. The number of nitrogens with zero attached hydrogens (tertiary/aromatic N) is 1. The third-order valence-corrected chi connectivity index (χ3v) is 3.79. The smallest absolute Gasteiger partial charge is 0.321 e. The predicted octanol–water partition coefficient (Wildman–Crippen LogP) is 2.46. The highest BCUT2D eigenvalue weighted by Gasteiger charge is 2.23. The van der Waals surface area contributed by atoms with Gasteiger partial charge in [-0.15, -0.1) is 0 Å². The lowest BCUT2D eigenvalue weighted by Gasteiger charge is -2.32. The lowest BCUT2D eigenvalue weighted by atomic mass is 9.99. The minimum Gasteiger partial charge on any atom is -0.396 e. The van der Waals surface area contributed by atoms with Crippen LogP contribution in [0.25, 0.3) is 0 Å². The van der Waals surface area contributed by atoms with Gasteiger partial charge in [0.1, 0.15) is 0 Å². The van der Waals surface area contributed by atoms with Crippen LogP contribution in [0.4, 0.5) is 10.5 Å². The van der Waals surface area contributed by atoms with Crippen molar-refractivity contribution in [3.8, 4) is 0 Å². The number of carbonyl (C=O) groups is 1. The van der Waals surface area contributed by atoms with E-state index >= 15 is 0 Å². The van der Waals surface area contributed by atoms with E-state index in [1.54, 1.807) is 4.90 Å². The Morgan fingerprint density at radius 1 is 1.48 bits per heavy atom. The van der Waals surface area contributed by atoms with Gasteiger partial charge in [0, 0.05) is 37.6 Å². The summed E-state index contributed by atoms with van der Waals surface area (Å²) in [5.41, 5.74) is 1.77. The van der Waals surface area contributed by atoms with Crippen LogP contribution >= 0.6 is 0 Å². The average Bonchev–Trinajstić information content (AvgIpc) is 2.54. The molecule has 0 bridgehead atoms. The highest BCUT2D eigenvalue weighted by atomic mass is 16.5. The van der Waals surface area contributed by atoms with Crippen LogP contribution < -0.4 is 5.32 Å². The van der Waals surface area contributed by atoms with Gasteiger partial charge in [0.25, 0.3) is 0 Å². The molecule has 5 nitrogen and oxygen atoms in total. The van der Waals surface area contributed by atoms with Gasteiger partial charge in [-0.25, -0.2) is 4.79 Å². The second kappa shape index (κ2) is 8.00. The number of benzene rings is 1. The van der Waals surface area contributed by atoms with E-state index in [-0.39, 0.29) is 18.6 Å². The van der Waals surface area contributed by atoms with E-state index in [0.29, 0.717) is 19.8 Å². The average molecular weight is 292 g/mol. The van der Waals surface area contributed by atoms with E-state index in [9.17, 15) is 9.90 Å². The minimum atomic E-state index is -0.0999. The fourth-order valence-electron chi connectivity index (χ4n) is 2.57. The second-order valence-corrected chi connectivity index (χ2v) is 5.36. The summed E-state index contributed by atoms with van der Waals surface area (Å²) in [7, 11) is 0. The van der Waals surface area contributed by atoms with Gasteiger partial charge in [-0.05, 0) is 31.7 Å². The Balaban J connectivity index is 1.98. The molecule has 0 spiro atoms. The predicted molar refractivity (Wildman–Crippen MR) is 82.2 cm³/mol. The van der Waals surface area contributed by atoms with Crippen molar-refractivity contribution in [1.29, 1.82) is 0 Å². The normalized spacial score (nSPS) is 18.6. The number of aliphatic hydroxyl groups is 1. The molecule has 0 radical (unpaired) electrons. The maximum absolute atomic E-state index is 12.3. The van der Waals surface area contributed by atoms with E-state index in [1.807, 2.05) is 31.2 Å². The molecule has 2 rings (SSSR count). The van der Waals surface area contributed by atoms with Crippen LogP contribution in [0.15, 0.2) is 24.3 Å². The summed E-state index contributed by atoms with van der Waals surface area (Å²) >= 11 is 0. The van der Waals surface area contributed by atoms with E-state index in [4.69, 9.17) is 4.74 Å². The molecular weight excluding hydrogens is 268 g/mol. The number of para-hydroxylation sites is 1. The SMILES string of the molecule is CCOCc1ccccc1NC(=O)N1CCCC(CO)C1. The monoisotopic (exact) mass is 292 g/mol. The summed E-state index contributed by atoms with van der Waals surface area (Å²) < 4.78 is 5.42. The number of rotatable bonds is 5. The molecule has 0 saturated carbocycles. The van der Waals surface area contributed by atoms with Crippen molar-refractivity contribution in [2.24, 2.45) is 5.92 Å². The summed E-state index contributed by atoms with van der Waals surface area (Å²) in [5.74, 6) is 0.197. The maximum Gasteiger partial charge on any atom is 0.321 e. The second-order valence-electron chi connectivity index (χ2n) is 5.36. The topological polar surface area (TPSA) is 61.8 Å². The molecule has 1 saturated heterocycles. The molecule has 1 fully saturated rings. The number of carbonyl (C=O) groups excluding carboxylic acids is 1. The Bertz CT molecular complexity index is 465. The Morgan fingerprint density at radius 3 is 3.05 bits per heavy atom. The number of urea groups is 1. The number of hydrogen-bond donors (Lipinski definition) is 2. The van der Waals surface area contributed by atoms with Gasteiger partial charge < -0.3 is 20.1 Å². The number of hydrogen-bond acceptors (Lipinski definition) is 3. The van der Waals surface area contributed by atoms with Crippen molar-refractivity contribution < 1.29 is 14.6 Å². The molecule has 116 valence electrons. The highest BCUT2D eigenvalue weighted by Crippen LogP contribution is 2.20. The highest BCUT2D eigenvalue weighted by molar-refractivity contribution is 5.90. The van der Waals surface area contributed by atoms with Crippen LogP contribution in [0.2, 0.25) is 0 Å². The fraction of sp³-hybridized carbons (Fsp3) is 0.562. The van der Waals surface area contributed by atoms with Crippen LogP contribution in [-0.2, 0) is 11.3 Å². The van der Waals surface area contributed by atoms with Crippen molar-refractivity contribution in [1.82, 2.24) is 4.90 Å². The van der Waals surface area contributed by atoms with Gasteiger partial charge in [0.15, 0.2) is 0 Å². The van der Waals surface area contributed by atoms with Gasteiger partial charge >= 0.3 is 6.03 Å². The number of ether oxygens (including phenoxy) is 1. The van der Waals surface area contributed by atoms with Gasteiger partial charge in [-0.3, -0.25) is 0 Å². The number of likely N-dealkylation sites (tertiary alicyclic amines) is 1. The van der Waals surface area contributed by atoms with Crippen LogP contribution in [0, 0.1) is 5.92 Å². The molecule has 5 heteroatoms. The lowest BCUT2D eigenvalue weighted by Crippen LogP contribution is -2.43. The molecule has 0 aromatic heterocycles. The van der Waals surface area contributed by atoms with Crippen molar-refractivity contribution in [3.63, 3.8) is 0 Å². The third-order valence-electron chi connectivity index (χ3n) is 3.79. The van der Waals surface area contributed by atoms with E-state index in [1.165, 1.54) is 0 Å². The number of nitrogens with one attached hydrogen (secondary N) is 1. The zero-order valence-electron chi connectivity index (χ0n) is 12.5. The van der Waals surface area contributed by atoms with Gasteiger partial charge in [-0.2, -0.15) is 0 Å². The third kappa shape index (κ3) is 4.44. The molecule has 1 heterocycles. The first-order valence-corrected chi connectivity index (χ1v) is 7.57. The van der Waals surface area contributed by atoms with Crippen LogP contribution in [0.1, 0.15) is 25.3 Å². The Hall–Kier alpha value is -1.59. The van der Waals surface area contributed by atoms with Crippen LogP contribution in [-0.4, -0.2) is 42.3 Å². The van der Waals surface area contributed by atoms with Crippen LogP contribution in [0.5, 0.6) is 0 Å². The van der Waals surface area contributed by atoms with Crippen molar-refractivity contribution in [2.75, 3.05) is 31.6 Å². The summed E-state index contributed by atoms with van der Waals surface area (Å²) in [6, 6.07) is 7.58. The van der Waals surface area contributed by atoms with Crippen molar-refractivity contribution in [3.05, 3.63) is 29.8 Å². The zero-order chi connectivity index (χ0) is 15.1. The zero-order valence-corrected chi connectivity index (χ0v) is 12.5. The van der Waals surface area contributed by atoms with Gasteiger partial charge in [-0.1, -0.05) is 18.2 Å². The Kier molecular flexibility index (Phi) is 6.02. The van der Waals surface area contributed by atoms with Crippen molar-refractivity contribution >= 4 is 11.7 Å². The quantitative estimate of drug-likeness (QED) is 0.876. The summed E-state index contributed by atoms with van der Waals surface area (Å²) in [4.78, 5) is 14.1. The van der Waals surface area contributed by atoms with E-state index in [2.05, 4.69) is 5.32 Å². The first kappa shape index (κ1) is 15.8. The van der Waals surface area contributed by atoms with Crippen LogP contribution in [0.3, 0.4) is 0 Å². The number of anilines is 1. The molecule has 1 aliphatic rings. The number of aliphatic hydroxyl groups excluding tert-OH is 1. The Labute approximate surface area is 125 Å². The summed E-state index contributed by atoms with van der Waals surface area (Å²) in [5, 5.41) is 12.2. The molecule has 1 atom stereocenters. The number of piperidine rings is 1. The molecule has 21 heavy (non-hydrogen) atoms. The molecule has 0 aliphatic carbocycles. The van der Waals surface area contributed by atoms with E-state index < -0.39 is 0 Å². The molecule has 1 aliphatic heterocycles. The molecule has 2 amide bonds. The standard InChI is InChI=1S/C16H24N2O3/c1-2-21-12-14-7-3-4-8-15(14)17-16(20)18-9-5-6-13(10-18)11-19/h3-4,7-8,13,19H,2,5-6,9-12H2,1H3,(H,17,20). The minimum absolute atomic E-state index is 0.0999. The fourth-order valence-corrected chi connectivity index (χ4v) is 2.57. The van der Waals surface area contributed by atoms with Gasteiger partial charge in [0.2, 0.25) is 0 Å². The largest absolute Gasteiger partial charge is 0.396 e. The van der Waals surface area contributed by atoms with Crippen molar-refractivity contribution in [2.45, 2.75) is 26.4 Å². The molecule has 1 aromatic carbocycles. The first-order valence-electron chi connectivity index (χ1n) is 7.57. The summed E-state index contributed by atoms with van der Waals surface area (Å²) in [6.45, 7) is 4.60. The molecule has 1 aromatic rings.